The molecule has 0 unspecified atom stereocenters. The van der Waals surface area contributed by atoms with Crippen LogP contribution in [-0.4, -0.2) is 34.8 Å². The van der Waals surface area contributed by atoms with Crippen LogP contribution in [0, 0.1) is 0 Å². The van der Waals surface area contributed by atoms with E-state index in [0.717, 1.165) is 6.26 Å². The second-order valence-corrected chi connectivity index (χ2v) is 6.42. The van der Waals surface area contributed by atoms with Gasteiger partial charge in [0.15, 0.2) is 9.84 Å². The van der Waals surface area contributed by atoms with Gasteiger partial charge in [-0.05, 0) is 30.3 Å². The van der Waals surface area contributed by atoms with E-state index in [1.54, 1.807) is 24.3 Å². The molecule has 1 aromatic heterocycles. The van der Waals surface area contributed by atoms with Crippen LogP contribution in [0.25, 0.3) is 16.7 Å². The minimum Gasteiger partial charge on any atom is -0.506 e. The first-order valence-corrected chi connectivity index (χ1v) is 7.70. The zero-order valence-electron chi connectivity index (χ0n) is 10.6. The Morgan fingerprint density at radius 2 is 1.75 bits per heavy atom. The number of benzene rings is 2. The summed E-state index contributed by atoms with van der Waals surface area (Å²) in [6.45, 7) is 0. The molecule has 0 aliphatic heterocycles. The summed E-state index contributed by atoms with van der Waals surface area (Å²) in [7, 11) is -3.28. The van der Waals surface area contributed by atoms with Crippen LogP contribution in [-0.2, 0) is 9.84 Å². The Morgan fingerprint density at radius 1 is 1.05 bits per heavy atom. The van der Waals surface area contributed by atoms with Crippen LogP contribution in [0.5, 0.6) is 5.75 Å². The molecule has 0 atom stereocenters. The molecule has 3 rings (SSSR count). The van der Waals surface area contributed by atoms with E-state index in [-0.39, 0.29) is 10.6 Å². The molecule has 3 aromatic rings. The first-order valence-electron chi connectivity index (χ1n) is 5.81. The fraction of sp³-hybridized carbons (Fsp3) is 0.0769. The van der Waals surface area contributed by atoms with Crippen molar-refractivity contribution in [2.24, 2.45) is 0 Å². The standard InChI is InChI=1S/C13H11N3O3S/c1-20(18,19)9-6-7-10-11(8-9)15-16(14-10)12-4-2-3-5-13(12)17/h2-8,17H,1H3. The number of phenols is 1. The van der Waals surface area contributed by atoms with Gasteiger partial charge in [0.1, 0.15) is 22.5 Å². The Labute approximate surface area is 115 Å². The van der Waals surface area contributed by atoms with Crippen LogP contribution in [0.2, 0.25) is 0 Å². The summed E-state index contributed by atoms with van der Waals surface area (Å²) < 4.78 is 23.0. The van der Waals surface area contributed by atoms with Gasteiger partial charge in [0.2, 0.25) is 0 Å². The van der Waals surface area contributed by atoms with Gasteiger partial charge in [-0.15, -0.1) is 15.0 Å². The molecule has 0 saturated carbocycles. The van der Waals surface area contributed by atoms with E-state index >= 15 is 0 Å². The maximum Gasteiger partial charge on any atom is 0.175 e. The summed E-state index contributed by atoms with van der Waals surface area (Å²) in [5, 5.41) is 18.2. The smallest absolute Gasteiger partial charge is 0.175 e. The first-order chi connectivity index (χ1) is 9.45. The number of nitrogens with zero attached hydrogens (tertiary/aromatic N) is 3. The van der Waals surface area contributed by atoms with Crippen molar-refractivity contribution in [3.8, 4) is 11.4 Å². The third kappa shape index (κ3) is 2.12. The molecule has 102 valence electrons. The zero-order valence-corrected chi connectivity index (χ0v) is 11.4. The largest absolute Gasteiger partial charge is 0.506 e. The molecule has 0 fully saturated rings. The first kappa shape index (κ1) is 12.6. The fourth-order valence-electron chi connectivity index (χ4n) is 1.87. The van der Waals surface area contributed by atoms with Crippen molar-refractivity contribution in [2.75, 3.05) is 6.26 Å². The van der Waals surface area contributed by atoms with Crippen LogP contribution >= 0.6 is 0 Å². The van der Waals surface area contributed by atoms with Crippen LogP contribution in [0.15, 0.2) is 47.4 Å². The van der Waals surface area contributed by atoms with Gasteiger partial charge >= 0.3 is 0 Å². The lowest BCUT2D eigenvalue weighted by molar-refractivity contribution is 0.468. The number of fused-ring (bicyclic) bond motifs is 1. The van der Waals surface area contributed by atoms with Crippen LogP contribution in [0.3, 0.4) is 0 Å². The quantitative estimate of drug-likeness (QED) is 0.773. The van der Waals surface area contributed by atoms with E-state index in [4.69, 9.17) is 0 Å². The van der Waals surface area contributed by atoms with Crippen LogP contribution in [0.4, 0.5) is 0 Å². The van der Waals surface area contributed by atoms with Crippen molar-refractivity contribution in [3.63, 3.8) is 0 Å². The SMILES string of the molecule is CS(=O)(=O)c1ccc2nn(-c3ccccc3O)nc2c1. The van der Waals surface area contributed by atoms with Crippen molar-refractivity contribution >= 4 is 20.9 Å². The lowest BCUT2D eigenvalue weighted by atomic mass is 10.3. The molecule has 0 aliphatic rings. The molecule has 0 aliphatic carbocycles. The molecule has 6 nitrogen and oxygen atoms in total. The van der Waals surface area contributed by atoms with E-state index in [1.165, 1.54) is 23.0 Å². The van der Waals surface area contributed by atoms with E-state index in [1.807, 2.05) is 0 Å². The number of sulfone groups is 1. The number of para-hydroxylation sites is 2. The summed E-state index contributed by atoms with van der Waals surface area (Å²) in [6, 6.07) is 11.2. The van der Waals surface area contributed by atoms with Gasteiger partial charge in [0.25, 0.3) is 0 Å². The summed E-state index contributed by atoms with van der Waals surface area (Å²) in [5.74, 6) is 0.0520. The second kappa shape index (κ2) is 4.31. The minimum absolute atomic E-state index is 0.0520. The molecule has 20 heavy (non-hydrogen) atoms. The number of phenolic OH excluding ortho intramolecular Hbond substituents is 1. The lowest BCUT2D eigenvalue weighted by Gasteiger charge is -2.00. The highest BCUT2D eigenvalue weighted by Gasteiger charge is 2.12. The summed E-state index contributed by atoms with van der Waals surface area (Å²) in [6.07, 6.45) is 1.14. The molecule has 0 radical (unpaired) electrons. The summed E-state index contributed by atoms with van der Waals surface area (Å²) >= 11 is 0. The van der Waals surface area contributed by atoms with Crippen LogP contribution in [0.1, 0.15) is 0 Å². The van der Waals surface area contributed by atoms with Gasteiger partial charge in [-0.3, -0.25) is 0 Å². The molecule has 1 heterocycles. The molecule has 1 N–H and O–H groups in total. The van der Waals surface area contributed by atoms with Gasteiger partial charge in [-0.25, -0.2) is 8.42 Å². The third-order valence-corrected chi connectivity index (χ3v) is 3.99. The summed E-state index contributed by atoms with van der Waals surface area (Å²) in [5.41, 5.74) is 1.45. The fourth-order valence-corrected chi connectivity index (χ4v) is 2.51. The molecule has 0 bridgehead atoms. The third-order valence-electron chi connectivity index (χ3n) is 2.88. The molecule has 0 saturated heterocycles. The Kier molecular flexibility index (Phi) is 2.72. The average Bonchev–Trinajstić information content (AvgIpc) is 2.80. The van der Waals surface area contributed by atoms with Gasteiger partial charge in [0, 0.05) is 6.26 Å². The number of rotatable bonds is 2. The molecular weight excluding hydrogens is 278 g/mol. The summed E-state index contributed by atoms with van der Waals surface area (Å²) in [4.78, 5) is 1.47. The molecule has 7 heteroatoms. The van der Waals surface area contributed by atoms with Gasteiger partial charge in [-0.1, -0.05) is 12.1 Å². The van der Waals surface area contributed by atoms with E-state index in [0.29, 0.717) is 16.7 Å². The zero-order chi connectivity index (χ0) is 14.3. The maximum atomic E-state index is 11.5. The average molecular weight is 289 g/mol. The normalized spacial score (nSPS) is 11.8. The highest BCUT2D eigenvalue weighted by Crippen LogP contribution is 2.22. The predicted octanol–water partition coefficient (Wildman–Crippen LogP) is 1.53. The molecular formula is C13H11N3O3S. The Hall–Kier alpha value is -2.41. The monoisotopic (exact) mass is 289 g/mol. The molecule has 0 amide bonds. The van der Waals surface area contributed by atoms with Crippen molar-refractivity contribution in [2.45, 2.75) is 4.90 Å². The number of aromatic nitrogens is 3. The molecule has 2 aromatic carbocycles. The van der Waals surface area contributed by atoms with Crippen molar-refractivity contribution < 1.29 is 13.5 Å². The van der Waals surface area contributed by atoms with Crippen LogP contribution < -0.4 is 0 Å². The predicted molar refractivity (Wildman–Crippen MR) is 73.6 cm³/mol. The second-order valence-electron chi connectivity index (χ2n) is 4.40. The van der Waals surface area contributed by atoms with Gasteiger partial charge < -0.3 is 5.11 Å². The minimum atomic E-state index is -3.28. The van der Waals surface area contributed by atoms with Crippen molar-refractivity contribution in [1.29, 1.82) is 0 Å². The van der Waals surface area contributed by atoms with Gasteiger partial charge in [-0.2, -0.15) is 0 Å². The molecule has 0 spiro atoms. The number of aromatic hydroxyl groups is 1. The topological polar surface area (TPSA) is 85.1 Å². The van der Waals surface area contributed by atoms with Crippen molar-refractivity contribution in [1.82, 2.24) is 15.0 Å². The number of hydrogen-bond donors (Lipinski definition) is 1. The van der Waals surface area contributed by atoms with E-state index in [9.17, 15) is 13.5 Å². The van der Waals surface area contributed by atoms with Crippen molar-refractivity contribution in [3.05, 3.63) is 42.5 Å². The highest BCUT2D eigenvalue weighted by atomic mass is 32.2. The highest BCUT2D eigenvalue weighted by molar-refractivity contribution is 7.90. The van der Waals surface area contributed by atoms with E-state index < -0.39 is 9.84 Å². The lowest BCUT2D eigenvalue weighted by Crippen LogP contribution is -1.98. The van der Waals surface area contributed by atoms with Gasteiger partial charge in [0.05, 0.1) is 4.90 Å². The van der Waals surface area contributed by atoms with E-state index in [2.05, 4.69) is 10.2 Å². The number of hydrogen-bond acceptors (Lipinski definition) is 5. The maximum absolute atomic E-state index is 11.5. The Balaban J connectivity index is 2.19. The Bertz CT molecular complexity index is 900. The Morgan fingerprint density at radius 3 is 2.45 bits per heavy atom.